The molecule has 0 amide bonds. The zero-order chi connectivity index (χ0) is 14.9. The van der Waals surface area contributed by atoms with Crippen LogP contribution in [0.3, 0.4) is 0 Å². The van der Waals surface area contributed by atoms with Crippen molar-refractivity contribution in [3.63, 3.8) is 0 Å². The van der Waals surface area contributed by atoms with Crippen LogP contribution in [0.25, 0.3) is 0 Å². The summed E-state index contributed by atoms with van der Waals surface area (Å²) in [4.78, 5) is 0. The summed E-state index contributed by atoms with van der Waals surface area (Å²) in [6, 6.07) is 5.06. The van der Waals surface area contributed by atoms with Crippen molar-refractivity contribution in [3.8, 4) is 0 Å². The van der Waals surface area contributed by atoms with E-state index in [1.165, 1.54) is 12.1 Å². The molecule has 0 bridgehead atoms. The van der Waals surface area contributed by atoms with Gasteiger partial charge < -0.3 is 5.73 Å². The van der Waals surface area contributed by atoms with Crippen LogP contribution in [-0.2, 0) is 6.18 Å². The van der Waals surface area contributed by atoms with Crippen LogP contribution in [0.1, 0.15) is 31.0 Å². The predicted molar refractivity (Wildman–Crippen MR) is 81.1 cm³/mol. The van der Waals surface area contributed by atoms with E-state index in [4.69, 9.17) is 5.73 Å². The van der Waals surface area contributed by atoms with Crippen LogP contribution < -0.4 is 5.73 Å². The molecule has 2 rings (SSSR count). The average molecular weight is 321 g/mol. The van der Waals surface area contributed by atoms with E-state index in [1.54, 1.807) is 29.6 Å². The molecular weight excluding hydrogens is 303 g/mol. The van der Waals surface area contributed by atoms with Crippen LogP contribution >= 0.6 is 23.5 Å². The largest absolute Gasteiger partial charge is 0.416 e. The molecule has 1 aliphatic heterocycles. The lowest BCUT2D eigenvalue weighted by Gasteiger charge is -2.35. The van der Waals surface area contributed by atoms with Gasteiger partial charge in [-0.05, 0) is 11.6 Å². The third-order valence-electron chi connectivity index (χ3n) is 3.60. The van der Waals surface area contributed by atoms with Gasteiger partial charge in [0.05, 0.1) is 5.56 Å². The molecule has 1 fully saturated rings. The van der Waals surface area contributed by atoms with Crippen molar-refractivity contribution in [2.75, 3.05) is 5.75 Å². The zero-order valence-corrected chi connectivity index (χ0v) is 13.0. The van der Waals surface area contributed by atoms with Crippen molar-refractivity contribution in [3.05, 3.63) is 35.4 Å². The van der Waals surface area contributed by atoms with Crippen molar-refractivity contribution in [2.45, 2.75) is 41.8 Å². The number of halogens is 3. The maximum Gasteiger partial charge on any atom is 0.416 e. The molecular formula is C14H18F3NS2. The van der Waals surface area contributed by atoms with E-state index in [0.717, 1.165) is 11.8 Å². The maximum atomic E-state index is 13.0. The van der Waals surface area contributed by atoms with Gasteiger partial charge in [-0.15, -0.1) is 0 Å². The van der Waals surface area contributed by atoms with E-state index in [2.05, 4.69) is 13.8 Å². The van der Waals surface area contributed by atoms with Gasteiger partial charge in [-0.2, -0.15) is 36.7 Å². The van der Waals surface area contributed by atoms with Crippen molar-refractivity contribution in [2.24, 2.45) is 5.73 Å². The molecule has 1 aromatic rings. The van der Waals surface area contributed by atoms with Crippen molar-refractivity contribution >= 4 is 23.5 Å². The summed E-state index contributed by atoms with van der Waals surface area (Å²) < 4.78 is 39.1. The third-order valence-corrected chi connectivity index (χ3v) is 7.12. The summed E-state index contributed by atoms with van der Waals surface area (Å²) in [7, 11) is 0. The molecule has 1 heterocycles. The Hall–Kier alpha value is -0.330. The Labute approximate surface area is 125 Å². The molecule has 0 aromatic heterocycles. The van der Waals surface area contributed by atoms with Gasteiger partial charge in [-0.25, -0.2) is 0 Å². The molecule has 2 N–H and O–H groups in total. The van der Waals surface area contributed by atoms with Gasteiger partial charge in [0.25, 0.3) is 0 Å². The summed E-state index contributed by atoms with van der Waals surface area (Å²) in [5.74, 6) is 0.795. The fourth-order valence-corrected chi connectivity index (χ4v) is 5.28. The first kappa shape index (κ1) is 16.0. The first-order valence-electron chi connectivity index (χ1n) is 6.49. The van der Waals surface area contributed by atoms with Gasteiger partial charge in [-0.1, -0.05) is 32.0 Å². The lowest BCUT2D eigenvalue weighted by atomic mass is 9.98. The molecule has 1 aliphatic rings. The third kappa shape index (κ3) is 3.46. The number of alkyl halides is 3. The Kier molecular flexibility index (Phi) is 4.97. The monoisotopic (exact) mass is 321 g/mol. The molecule has 1 nitrogen and oxygen atoms in total. The summed E-state index contributed by atoms with van der Waals surface area (Å²) in [5.41, 5.74) is 5.74. The van der Waals surface area contributed by atoms with Crippen molar-refractivity contribution in [1.29, 1.82) is 0 Å². The summed E-state index contributed by atoms with van der Waals surface area (Å²) in [6.45, 7) is 4.25. The second kappa shape index (κ2) is 6.20. The van der Waals surface area contributed by atoms with Gasteiger partial charge in [0.2, 0.25) is 0 Å². The van der Waals surface area contributed by atoms with E-state index in [0.29, 0.717) is 10.5 Å². The Morgan fingerprint density at radius 3 is 2.45 bits per heavy atom. The molecule has 0 spiro atoms. The predicted octanol–water partition coefficient (Wildman–Crippen LogP) is 4.33. The van der Waals surface area contributed by atoms with Crippen molar-refractivity contribution in [1.82, 2.24) is 0 Å². The van der Waals surface area contributed by atoms with Crippen LogP contribution in [0.15, 0.2) is 24.3 Å². The molecule has 6 heteroatoms. The van der Waals surface area contributed by atoms with Gasteiger partial charge in [-0.3, -0.25) is 0 Å². The Balaban J connectivity index is 2.24. The lowest BCUT2D eigenvalue weighted by molar-refractivity contribution is -0.138. The number of hydrogen-bond donors (Lipinski definition) is 1. The minimum atomic E-state index is -4.35. The van der Waals surface area contributed by atoms with Crippen LogP contribution in [0.2, 0.25) is 0 Å². The fraction of sp³-hybridized carbons (Fsp3) is 0.571. The molecule has 4 atom stereocenters. The van der Waals surface area contributed by atoms with E-state index in [1.807, 2.05) is 0 Å². The number of hydrogen-bond acceptors (Lipinski definition) is 3. The van der Waals surface area contributed by atoms with Crippen LogP contribution in [-0.4, -0.2) is 21.5 Å². The minimum Gasteiger partial charge on any atom is -0.323 e. The average Bonchev–Trinajstić information content (AvgIpc) is 2.40. The topological polar surface area (TPSA) is 26.0 Å². The summed E-state index contributed by atoms with van der Waals surface area (Å²) in [6.07, 6.45) is -4.35. The van der Waals surface area contributed by atoms with Crippen LogP contribution in [0, 0.1) is 0 Å². The van der Waals surface area contributed by atoms with Gasteiger partial charge >= 0.3 is 6.18 Å². The minimum absolute atomic E-state index is 0.0229. The Bertz CT molecular complexity index is 464. The highest BCUT2D eigenvalue weighted by atomic mass is 32.2. The molecule has 20 heavy (non-hydrogen) atoms. The maximum absolute atomic E-state index is 13.0. The number of rotatable bonds is 2. The molecule has 4 unspecified atom stereocenters. The van der Waals surface area contributed by atoms with Crippen LogP contribution in [0.5, 0.6) is 0 Å². The normalized spacial score (nSPS) is 29.2. The highest BCUT2D eigenvalue weighted by molar-refractivity contribution is 8.07. The fourth-order valence-electron chi connectivity index (χ4n) is 2.24. The SMILES string of the molecule is CC1SCC(C(N)c2ccccc2C(F)(F)F)SC1C. The molecule has 0 radical (unpaired) electrons. The number of benzene rings is 1. The Morgan fingerprint density at radius 1 is 1.20 bits per heavy atom. The first-order chi connectivity index (χ1) is 9.30. The quantitative estimate of drug-likeness (QED) is 0.878. The van der Waals surface area contributed by atoms with Gasteiger partial charge in [0, 0.05) is 27.5 Å². The molecule has 0 saturated carbocycles. The smallest absolute Gasteiger partial charge is 0.323 e. The first-order valence-corrected chi connectivity index (χ1v) is 8.48. The molecule has 112 valence electrons. The number of thioether (sulfide) groups is 2. The summed E-state index contributed by atoms with van der Waals surface area (Å²) >= 11 is 3.49. The molecule has 0 aliphatic carbocycles. The zero-order valence-electron chi connectivity index (χ0n) is 11.4. The van der Waals surface area contributed by atoms with Crippen molar-refractivity contribution < 1.29 is 13.2 Å². The second-order valence-corrected chi connectivity index (χ2v) is 8.06. The number of nitrogens with two attached hydrogens (primary N) is 1. The second-order valence-electron chi connectivity index (χ2n) is 5.03. The van der Waals surface area contributed by atoms with E-state index < -0.39 is 17.8 Å². The van der Waals surface area contributed by atoms with Gasteiger partial charge in [0.1, 0.15) is 0 Å². The van der Waals surface area contributed by atoms with E-state index in [9.17, 15) is 13.2 Å². The molecule has 1 saturated heterocycles. The highest BCUT2D eigenvalue weighted by Crippen LogP contribution is 2.42. The standard InChI is InChI=1S/C14H18F3NS2/c1-8-9(2)20-12(7-19-8)13(18)10-5-3-4-6-11(10)14(15,16)17/h3-6,8-9,12-13H,7,18H2,1-2H3. The molecule has 1 aromatic carbocycles. The lowest BCUT2D eigenvalue weighted by Crippen LogP contribution is -2.35. The highest BCUT2D eigenvalue weighted by Gasteiger charge is 2.37. The van der Waals surface area contributed by atoms with Crippen LogP contribution in [0.4, 0.5) is 13.2 Å². The summed E-state index contributed by atoms with van der Waals surface area (Å²) in [5, 5.41) is 0.943. The Morgan fingerprint density at radius 2 is 1.85 bits per heavy atom. The van der Waals surface area contributed by atoms with E-state index in [-0.39, 0.29) is 10.8 Å². The van der Waals surface area contributed by atoms with E-state index >= 15 is 0 Å². The van der Waals surface area contributed by atoms with Gasteiger partial charge in [0.15, 0.2) is 0 Å².